The molecule has 5 heteroatoms. The van der Waals surface area contributed by atoms with Gasteiger partial charge in [0, 0.05) is 5.41 Å². The van der Waals surface area contributed by atoms with Gasteiger partial charge < -0.3 is 10.1 Å². The van der Waals surface area contributed by atoms with Crippen LogP contribution in [0.2, 0.25) is 0 Å². The first kappa shape index (κ1) is 12.3. The van der Waals surface area contributed by atoms with Crippen molar-refractivity contribution in [3.05, 3.63) is 53.4 Å². The van der Waals surface area contributed by atoms with Gasteiger partial charge in [0.15, 0.2) is 0 Å². The SMILES string of the molecule is CC(C)(c1ccc(F)cc1)c1ncc(C(=O)O)[nH]1. The highest BCUT2D eigenvalue weighted by Gasteiger charge is 2.27. The normalized spacial score (nSPS) is 11.5. The summed E-state index contributed by atoms with van der Waals surface area (Å²) in [6.45, 7) is 3.79. The number of nitrogens with zero attached hydrogens (tertiary/aromatic N) is 1. The van der Waals surface area contributed by atoms with Gasteiger partial charge >= 0.3 is 5.97 Å². The Balaban J connectivity index is 2.40. The van der Waals surface area contributed by atoms with Crippen LogP contribution in [0.4, 0.5) is 4.39 Å². The highest BCUT2D eigenvalue weighted by Crippen LogP contribution is 2.29. The Hall–Kier alpha value is -2.17. The van der Waals surface area contributed by atoms with Crippen molar-refractivity contribution in [2.24, 2.45) is 0 Å². The average molecular weight is 248 g/mol. The summed E-state index contributed by atoms with van der Waals surface area (Å²) in [5.74, 6) is -0.824. The second kappa shape index (κ2) is 4.25. The Morgan fingerprint density at radius 1 is 1.33 bits per heavy atom. The molecule has 0 saturated heterocycles. The molecule has 0 aliphatic carbocycles. The molecule has 0 spiro atoms. The molecule has 0 bridgehead atoms. The fraction of sp³-hybridized carbons (Fsp3) is 0.231. The summed E-state index contributed by atoms with van der Waals surface area (Å²) in [7, 11) is 0. The van der Waals surface area contributed by atoms with Gasteiger partial charge in [-0.05, 0) is 31.5 Å². The van der Waals surface area contributed by atoms with Crippen molar-refractivity contribution in [1.29, 1.82) is 0 Å². The largest absolute Gasteiger partial charge is 0.477 e. The molecule has 1 heterocycles. The van der Waals surface area contributed by atoms with Gasteiger partial charge in [0.25, 0.3) is 0 Å². The molecule has 2 aromatic rings. The lowest BCUT2D eigenvalue weighted by atomic mass is 9.84. The van der Waals surface area contributed by atoms with E-state index in [0.717, 1.165) is 5.56 Å². The first-order chi connectivity index (χ1) is 8.41. The number of H-pyrrole nitrogens is 1. The second-order valence-corrected chi connectivity index (χ2v) is 4.58. The van der Waals surface area contributed by atoms with Crippen molar-refractivity contribution < 1.29 is 14.3 Å². The monoisotopic (exact) mass is 248 g/mol. The minimum Gasteiger partial charge on any atom is -0.477 e. The summed E-state index contributed by atoms with van der Waals surface area (Å²) >= 11 is 0. The molecule has 4 nitrogen and oxygen atoms in total. The summed E-state index contributed by atoms with van der Waals surface area (Å²) < 4.78 is 12.9. The topological polar surface area (TPSA) is 66.0 Å². The fourth-order valence-corrected chi connectivity index (χ4v) is 1.75. The molecule has 0 unspecified atom stereocenters. The van der Waals surface area contributed by atoms with Crippen LogP contribution in [0.1, 0.15) is 35.7 Å². The first-order valence-corrected chi connectivity index (χ1v) is 5.46. The third-order valence-electron chi connectivity index (χ3n) is 2.96. The van der Waals surface area contributed by atoms with E-state index in [1.807, 2.05) is 13.8 Å². The molecule has 0 atom stereocenters. The Morgan fingerprint density at radius 3 is 2.44 bits per heavy atom. The lowest BCUT2D eigenvalue weighted by molar-refractivity contribution is 0.0691. The van der Waals surface area contributed by atoms with E-state index in [9.17, 15) is 9.18 Å². The zero-order chi connectivity index (χ0) is 13.3. The van der Waals surface area contributed by atoms with Crippen LogP contribution in [-0.2, 0) is 5.41 Å². The number of aromatic carboxylic acids is 1. The van der Waals surface area contributed by atoms with Crippen LogP contribution in [0.5, 0.6) is 0 Å². The standard InChI is InChI=1S/C13H13FN2O2/c1-13(2,8-3-5-9(14)6-4-8)12-15-7-10(16-12)11(17)18/h3-7H,1-2H3,(H,15,16)(H,17,18). The maximum absolute atomic E-state index is 12.9. The van der Waals surface area contributed by atoms with E-state index in [0.29, 0.717) is 5.82 Å². The first-order valence-electron chi connectivity index (χ1n) is 5.46. The quantitative estimate of drug-likeness (QED) is 0.877. The smallest absolute Gasteiger partial charge is 0.353 e. The van der Waals surface area contributed by atoms with E-state index in [-0.39, 0.29) is 11.5 Å². The van der Waals surface area contributed by atoms with E-state index in [2.05, 4.69) is 9.97 Å². The molecule has 0 amide bonds. The second-order valence-electron chi connectivity index (χ2n) is 4.58. The van der Waals surface area contributed by atoms with E-state index in [1.54, 1.807) is 12.1 Å². The number of carbonyl (C=O) groups is 1. The number of carboxylic acid groups (broad SMARTS) is 1. The predicted molar refractivity (Wildman–Crippen MR) is 64.1 cm³/mol. The Kier molecular flexibility index (Phi) is 2.90. The molecule has 1 aromatic heterocycles. The van der Waals surface area contributed by atoms with Crippen LogP contribution in [0.15, 0.2) is 30.5 Å². The van der Waals surface area contributed by atoms with Crippen LogP contribution < -0.4 is 0 Å². The summed E-state index contributed by atoms with van der Waals surface area (Å²) in [5, 5.41) is 8.85. The number of aromatic amines is 1. The molecule has 0 radical (unpaired) electrons. The van der Waals surface area contributed by atoms with E-state index < -0.39 is 11.4 Å². The molecular weight excluding hydrogens is 235 g/mol. The minimum absolute atomic E-state index is 0.0418. The van der Waals surface area contributed by atoms with Gasteiger partial charge in [0.05, 0.1) is 6.20 Å². The van der Waals surface area contributed by atoms with Gasteiger partial charge in [0.2, 0.25) is 0 Å². The lowest BCUT2D eigenvalue weighted by Crippen LogP contribution is -2.21. The van der Waals surface area contributed by atoms with Crippen LogP contribution in [0, 0.1) is 5.82 Å². The van der Waals surface area contributed by atoms with Crippen molar-refractivity contribution in [3.63, 3.8) is 0 Å². The molecular formula is C13H13FN2O2. The average Bonchev–Trinajstić information content (AvgIpc) is 2.79. The molecule has 0 aliphatic heterocycles. The molecule has 18 heavy (non-hydrogen) atoms. The van der Waals surface area contributed by atoms with Gasteiger partial charge in [-0.3, -0.25) is 0 Å². The van der Waals surface area contributed by atoms with Crippen LogP contribution >= 0.6 is 0 Å². The van der Waals surface area contributed by atoms with Gasteiger partial charge in [-0.25, -0.2) is 14.2 Å². The van der Waals surface area contributed by atoms with Gasteiger partial charge in [-0.2, -0.15) is 0 Å². The third kappa shape index (κ3) is 2.11. The number of nitrogens with one attached hydrogen (secondary N) is 1. The molecule has 94 valence electrons. The molecule has 0 aliphatic rings. The zero-order valence-corrected chi connectivity index (χ0v) is 10.1. The number of carboxylic acids is 1. The number of hydrogen-bond donors (Lipinski definition) is 2. The molecule has 2 rings (SSSR count). The van der Waals surface area contributed by atoms with Crippen molar-refractivity contribution in [2.45, 2.75) is 19.3 Å². The molecule has 0 fully saturated rings. The summed E-state index contributed by atoms with van der Waals surface area (Å²) in [5.41, 5.74) is 0.386. The van der Waals surface area contributed by atoms with Crippen molar-refractivity contribution in [1.82, 2.24) is 9.97 Å². The third-order valence-corrected chi connectivity index (χ3v) is 2.96. The highest BCUT2D eigenvalue weighted by atomic mass is 19.1. The number of benzene rings is 1. The van der Waals surface area contributed by atoms with Gasteiger partial charge in [-0.15, -0.1) is 0 Å². The maximum Gasteiger partial charge on any atom is 0.353 e. The zero-order valence-electron chi connectivity index (χ0n) is 10.1. The van der Waals surface area contributed by atoms with Crippen molar-refractivity contribution in [3.8, 4) is 0 Å². The number of rotatable bonds is 3. The molecule has 0 saturated carbocycles. The summed E-state index contributed by atoms with van der Waals surface area (Å²) in [4.78, 5) is 17.6. The number of halogens is 1. The van der Waals surface area contributed by atoms with Crippen LogP contribution in [0.3, 0.4) is 0 Å². The Morgan fingerprint density at radius 2 is 1.94 bits per heavy atom. The van der Waals surface area contributed by atoms with E-state index >= 15 is 0 Å². The summed E-state index contributed by atoms with van der Waals surface area (Å²) in [6, 6.07) is 6.08. The van der Waals surface area contributed by atoms with Crippen molar-refractivity contribution in [2.75, 3.05) is 0 Å². The Labute approximate surface area is 103 Å². The van der Waals surface area contributed by atoms with Gasteiger partial charge in [0.1, 0.15) is 17.3 Å². The van der Waals surface area contributed by atoms with Gasteiger partial charge in [-0.1, -0.05) is 12.1 Å². The number of hydrogen-bond acceptors (Lipinski definition) is 2. The van der Waals surface area contributed by atoms with Crippen molar-refractivity contribution >= 4 is 5.97 Å². The fourth-order valence-electron chi connectivity index (χ4n) is 1.75. The number of imidazole rings is 1. The predicted octanol–water partition coefficient (Wildman–Crippen LogP) is 2.57. The Bertz CT molecular complexity index is 573. The van der Waals surface area contributed by atoms with E-state index in [4.69, 9.17) is 5.11 Å². The number of aromatic nitrogens is 2. The summed E-state index contributed by atoms with van der Waals surface area (Å²) in [6.07, 6.45) is 1.28. The minimum atomic E-state index is -1.05. The maximum atomic E-state index is 12.9. The van der Waals surface area contributed by atoms with E-state index in [1.165, 1.54) is 18.3 Å². The molecule has 1 aromatic carbocycles. The molecule has 2 N–H and O–H groups in total. The highest BCUT2D eigenvalue weighted by molar-refractivity contribution is 5.85. The van der Waals surface area contributed by atoms with Crippen LogP contribution in [0.25, 0.3) is 0 Å². The van der Waals surface area contributed by atoms with Crippen LogP contribution in [-0.4, -0.2) is 21.0 Å². The lowest BCUT2D eigenvalue weighted by Gasteiger charge is -2.22.